The molecule has 0 aromatic carbocycles. The number of carbonyl (C=O) groups excluding carboxylic acids is 1. The minimum absolute atomic E-state index is 0.0992. The molecule has 1 aliphatic rings. The normalized spacial score (nSPS) is 14.8. The SMILES string of the molecule is CC(C)(CC(=O)Nc1nc2ccc(C(F)(F)F)cn2c1C1=CC=C1)C(F)(F)F. The molecule has 0 bridgehead atoms. The fourth-order valence-corrected chi connectivity index (χ4v) is 2.60. The van der Waals surface area contributed by atoms with Crippen LogP contribution < -0.4 is 5.32 Å². The number of fused-ring (bicyclic) bond motifs is 1. The van der Waals surface area contributed by atoms with E-state index in [0.29, 0.717) is 5.57 Å². The van der Waals surface area contributed by atoms with Gasteiger partial charge >= 0.3 is 12.4 Å². The molecule has 0 spiro atoms. The van der Waals surface area contributed by atoms with E-state index in [0.717, 1.165) is 36.6 Å². The van der Waals surface area contributed by atoms with Gasteiger partial charge in [0.2, 0.25) is 5.91 Å². The lowest BCUT2D eigenvalue weighted by Crippen LogP contribution is -2.36. The van der Waals surface area contributed by atoms with E-state index in [-0.39, 0.29) is 17.2 Å². The summed E-state index contributed by atoms with van der Waals surface area (Å²) in [4.78, 5) is 16.3. The van der Waals surface area contributed by atoms with Crippen molar-refractivity contribution in [1.29, 1.82) is 0 Å². The second-order valence-electron chi connectivity index (χ2n) is 7.04. The van der Waals surface area contributed by atoms with Crippen LogP contribution in [0.5, 0.6) is 0 Å². The van der Waals surface area contributed by atoms with Crippen molar-refractivity contribution >= 4 is 22.9 Å². The van der Waals surface area contributed by atoms with Crippen LogP contribution >= 0.6 is 0 Å². The zero-order valence-corrected chi connectivity index (χ0v) is 14.7. The Kier molecular flexibility index (Phi) is 4.55. The van der Waals surface area contributed by atoms with E-state index in [1.54, 1.807) is 18.2 Å². The molecule has 0 fully saturated rings. The first-order chi connectivity index (χ1) is 12.8. The summed E-state index contributed by atoms with van der Waals surface area (Å²) in [6.45, 7) is 1.79. The summed E-state index contributed by atoms with van der Waals surface area (Å²) in [5.74, 6) is -1.04. The number of nitrogens with one attached hydrogen (secondary N) is 1. The summed E-state index contributed by atoms with van der Waals surface area (Å²) in [5.41, 5.74) is -2.40. The van der Waals surface area contributed by atoms with Crippen molar-refractivity contribution in [3.05, 3.63) is 47.8 Å². The lowest BCUT2D eigenvalue weighted by Gasteiger charge is -2.26. The van der Waals surface area contributed by atoms with Gasteiger partial charge in [-0.3, -0.25) is 9.20 Å². The van der Waals surface area contributed by atoms with Gasteiger partial charge in [0.15, 0.2) is 5.82 Å². The molecule has 0 radical (unpaired) electrons. The average Bonchev–Trinajstić information content (AvgIpc) is 2.80. The van der Waals surface area contributed by atoms with Gasteiger partial charge in [-0.25, -0.2) is 4.98 Å². The smallest absolute Gasteiger partial charge is 0.309 e. The minimum Gasteiger partial charge on any atom is -0.309 e. The van der Waals surface area contributed by atoms with Gasteiger partial charge in [0.05, 0.1) is 16.7 Å². The molecular formula is C18H15F6N3O. The van der Waals surface area contributed by atoms with E-state index in [9.17, 15) is 31.1 Å². The van der Waals surface area contributed by atoms with E-state index in [1.165, 1.54) is 0 Å². The van der Waals surface area contributed by atoms with Gasteiger partial charge in [0, 0.05) is 18.2 Å². The number of halogens is 6. The Morgan fingerprint density at radius 1 is 1.14 bits per heavy atom. The van der Waals surface area contributed by atoms with Gasteiger partial charge in [-0.1, -0.05) is 32.1 Å². The Balaban J connectivity index is 1.98. The van der Waals surface area contributed by atoms with Crippen LogP contribution in [0.25, 0.3) is 11.2 Å². The predicted octanol–water partition coefficient (Wildman–Crippen LogP) is 5.22. The molecule has 28 heavy (non-hydrogen) atoms. The molecule has 1 N–H and O–H groups in total. The fraction of sp³-hybridized carbons (Fsp3) is 0.333. The molecule has 150 valence electrons. The molecule has 1 aliphatic carbocycles. The summed E-state index contributed by atoms with van der Waals surface area (Å²) < 4.78 is 79.2. The number of imidazole rings is 1. The van der Waals surface area contributed by atoms with Gasteiger partial charge in [-0.15, -0.1) is 0 Å². The maximum Gasteiger partial charge on any atom is 0.417 e. The van der Waals surface area contributed by atoms with Crippen LogP contribution in [0, 0.1) is 5.41 Å². The molecule has 1 amide bonds. The second kappa shape index (κ2) is 6.39. The van der Waals surface area contributed by atoms with Gasteiger partial charge in [0.1, 0.15) is 5.65 Å². The number of alkyl halides is 6. The Morgan fingerprint density at radius 3 is 2.29 bits per heavy atom. The summed E-state index contributed by atoms with van der Waals surface area (Å²) in [6.07, 6.45) is -4.36. The first-order valence-electron chi connectivity index (χ1n) is 8.14. The second-order valence-corrected chi connectivity index (χ2v) is 7.04. The molecular weight excluding hydrogens is 388 g/mol. The molecule has 0 saturated carbocycles. The fourth-order valence-electron chi connectivity index (χ4n) is 2.60. The van der Waals surface area contributed by atoms with Crippen LogP contribution in [0.3, 0.4) is 0 Å². The molecule has 0 unspecified atom stereocenters. The van der Waals surface area contributed by atoms with Crippen LogP contribution in [0.1, 0.15) is 31.5 Å². The van der Waals surface area contributed by atoms with Crippen LogP contribution in [0.4, 0.5) is 32.2 Å². The summed E-state index contributed by atoms with van der Waals surface area (Å²) >= 11 is 0. The molecule has 2 aromatic heterocycles. The average molecular weight is 403 g/mol. The van der Waals surface area contributed by atoms with Crippen molar-refractivity contribution in [2.75, 3.05) is 5.32 Å². The van der Waals surface area contributed by atoms with Crippen molar-refractivity contribution in [2.24, 2.45) is 5.41 Å². The summed E-state index contributed by atoms with van der Waals surface area (Å²) in [7, 11) is 0. The van der Waals surface area contributed by atoms with E-state index >= 15 is 0 Å². The number of hydrogen-bond donors (Lipinski definition) is 1. The highest BCUT2D eigenvalue weighted by Gasteiger charge is 2.48. The molecule has 4 nitrogen and oxygen atoms in total. The van der Waals surface area contributed by atoms with Gasteiger partial charge in [-0.2, -0.15) is 26.3 Å². The Morgan fingerprint density at radius 2 is 1.79 bits per heavy atom. The van der Waals surface area contributed by atoms with E-state index < -0.39 is 35.7 Å². The van der Waals surface area contributed by atoms with Crippen molar-refractivity contribution in [3.63, 3.8) is 0 Å². The first kappa shape index (κ1) is 20.0. The Bertz CT molecular complexity index is 995. The minimum atomic E-state index is -4.59. The number of allylic oxidation sites excluding steroid dienone is 4. The zero-order chi connectivity index (χ0) is 20.9. The lowest BCUT2D eigenvalue weighted by molar-refractivity contribution is -0.213. The number of rotatable bonds is 4. The topological polar surface area (TPSA) is 46.4 Å². The van der Waals surface area contributed by atoms with Gasteiger partial charge in [0.25, 0.3) is 0 Å². The third kappa shape index (κ3) is 3.63. The number of nitrogens with zero attached hydrogens (tertiary/aromatic N) is 2. The highest BCUT2D eigenvalue weighted by atomic mass is 19.4. The first-order valence-corrected chi connectivity index (χ1v) is 8.14. The highest BCUT2D eigenvalue weighted by molar-refractivity contribution is 5.96. The van der Waals surface area contributed by atoms with Crippen molar-refractivity contribution in [1.82, 2.24) is 9.38 Å². The van der Waals surface area contributed by atoms with Crippen LogP contribution in [-0.2, 0) is 11.0 Å². The van der Waals surface area contributed by atoms with E-state index in [1.807, 2.05) is 0 Å². The monoisotopic (exact) mass is 403 g/mol. The summed E-state index contributed by atoms with van der Waals surface area (Å²) in [5, 5.41) is 2.31. The molecule has 0 aliphatic heterocycles. The molecule has 2 aromatic rings. The zero-order valence-electron chi connectivity index (χ0n) is 14.7. The molecule has 10 heteroatoms. The highest BCUT2D eigenvalue weighted by Crippen LogP contribution is 2.41. The Hall–Kier alpha value is -2.78. The van der Waals surface area contributed by atoms with Crippen LogP contribution in [0.15, 0.2) is 36.6 Å². The van der Waals surface area contributed by atoms with Crippen molar-refractivity contribution < 1.29 is 31.1 Å². The molecule has 0 saturated heterocycles. The molecule has 2 heterocycles. The largest absolute Gasteiger partial charge is 0.417 e. The van der Waals surface area contributed by atoms with Crippen LogP contribution in [0.2, 0.25) is 0 Å². The third-order valence-corrected chi connectivity index (χ3v) is 4.40. The number of amides is 1. The maximum absolute atomic E-state index is 13.0. The van der Waals surface area contributed by atoms with Gasteiger partial charge < -0.3 is 5.32 Å². The Labute approximate surface area is 155 Å². The quantitative estimate of drug-likeness (QED) is 0.712. The molecule has 3 rings (SSSR count). The number of carbonyl (C=O) groups is 1. The van der Waals surface area contributed by atoms with Gasteiger partial charge in [-0.05, 0) is 12.1 Å². The third-order valence-electron chi connectivity index (χ3n) is 4.40. The number of aromatic nitrogens is 2. The van der Waals surface area contributed by atoms with E-state index in [2.05, 4.69) is 10.3 Å². The number of pyridine rings is 1. The van der Waals surface area contributed by atoms with Crippen molar-refractivity contribution in [3.8, 4) is 0 Å². The maximum atomic E-state index is 13.0. The van der Waals surface area contributed by atoms with E-state index in [4.69, 9.17) is 0 Å². The lowest BCUT2D eigenvalue weighted by atomic mass is 9.88. The number of anilines is 1. The van der Waals surface area contributed by atoms with Crippen molar-refractivity contribution in [2.45, 2.75) is 32.6 Å². The standard InChI is InChI=1S/C18H15F6N3O/c1-16(2,18(22,23)24)8-13(28)26-15-14(10-4-3-5-10)27-9-11(17(19,20)21)6-7-12(27)25-15/h3-7,9H,8H2,1-2H3,(H,26,28). The molecule has 0 atom stereocenters. The van der Waals surface area contributed by atoms with Crippen LogP contribution in [-0.4, -0.2) is 21.5 Å². The predicted molar refractivity (Wildman–Crippen MR) is 90.4 cm³/mol. The summed E-state index contributed by atoms with van der Waals surface area (Å²) in [6, 6.07) is 1.97. The number of hydrogen-bond acceptors (Lipinski definition) is 2.